The lowest BCUT2D eigenvalue weighted by Gasteiger charge is -2.48. The zero-order valence-corrected chi connectivity index (χ0v) is 15.1. The molecule has 5 nitrogen and oxygen atoms in total. The summed E-state index contributed by atoms with van der Waals surface area (Å²) in [6, 6.07) is 8.68. The molecule has 3 saturated heterocycles. The fraction of sp³-hybridized carbons (Fsp3) is 0.471. The molecular formula is C17H20N4OS2. The van der Waals surface area contributed by atoms with Crippen LogP contribution < -0.4 is 5.32 Å². The highest BCUT2D eigenvalue weighted by Gasteiger charge is 2.38. The number of hydrogen-bond acceptors (Lipinski definition) is 6. The number of benzene rings is 1. The largest absolute Gasteiger partial charge is 0.348 e. The molecule has 1 aromatic heterocycles. The number of carbonyl (C=O) groups is 1. The van der Waals surface area contributed by atoms with Gasteiger partial charge in [-0.25, -0.2) is 0 Å². The second kappa shape index (κ2) is 6.82. The van der Waals surface area contributed by atoms with Crippen molar-refractivity contribution in [3.8, 4) is 0 Å². The lowest BCUT2D eigenvalue weighted by molar-refractivity contribution is 0.0274. The fourth-order valence-electron chi connectivity index (χ4n) is 3.69. The number of carbonyl (C=O) groups excluding carboxylic acids is 1. The lowest BCUT2D eigenvalue weighted by atomic mass is 9.80. The van der Waals surface area contributed by atoms with E-state index in [1.54, 1.807) is 17.3 Å². The van der Waals surface area contributed by atoms with Gasteiger partial charge in [0.05, 0.1) is 0 Å². The molecule has 0 saturated carbocycles. The third-order valence-corrected chi connectivity index (χ3v) is 6.82. The number of nitrogens with zero attached hydrogens (tertiary/aromatic N) is 3. The van der Waals surface area contributed by atoms with Crippen molar-refractivity contribution in [2.24, 2.45) is 5.92 Å². The van der Waals surface area contributed by atoms with Crippen molar-refractivity contribution in [2.45, 2.75) is 41.1 Å². The fourth-order valence-corrected chi connectivity index (χ4v) is 5.14. The van der Waals surface area contributed by atoms with Gasteiger partial charge >= 0.3 is 0 Å². The van der Waals surface area contributed by atoms with Crippen LogP contribution in [-0.4, -0.2) is 46.2 Å². The first kappa shape index (κ1) is 16.1. The van der Waals surface area contributed by atoms with Gasteiger partial charge in [0.1, 0.15) is 5.51 Å². The van der Waals surface area contributed by atoms with Crippen molar-refractivity contribution < 1.29 is 4.79 Å². The van der Waals surface area contributed by atoms with Crippen molar-refractivity contribution in [3.63, 3.8) is 0 Å². The predicted octanol–water partition coefficient (Wildman–Crippen LogP) is 2.90. The van der Waals surface area contributed by atoms with Crippen molar-refractivity contribution >= 4 is 29.0 Å². The smallest absolute Gasteiger partial charge is 0.251 e. The number of fused-ring (bicyclic) bond motifs is 3. The Labute approximate surface area is 149 Å². The average molecular weight is 361 g/mol. The van der Waals surface area contributed by atoms with Crippen molar-refractivity contribution in [2.75, 3.05) is 13.1 Å². The third-order valence-electron chi connectivity index (χ3n) is 5.03. The molecule has 126 valence electrons. The standard InChI is InChI=1S/C17H20N4OS2/c1-11-8-13-6-7-21(11)9-15(13)19-16(22)12-2-4-14(5-3-12)24-17-20-18-10-23-17/h2-5,10-11,13,15H,6-9H2,1H3,(H,19,22). The Kier molecular flexibility index (Phi) is 4.56. The molecule has 2 aromatic rings. The van der Waals surface area contributed by atoms with Crippen LogP contribution in [0.3, 0.4) is 0 Å². The van der Waals surface area contributed by atoms with Crippen LogP contribution in [-0.2, 0) is 0 Å². The van der Waals surface area contributed by atoms with E-state index in [1.807, 2.05) is 24.3 Å². The monoisotopic (exact) mass is 360 g/mol. The maximum atomic E-state index is 12.5. The van der Waals surface area contributed by atoms with E-state index in [0.29, 0.717) is 12.0 Å². The summed E-state index contributed by atoms with van der Waals surface area (Å²) in [4.78, 5) is 16.1. The van der Waals surface area contributed by atoms with Gasteiger partial charge in [-0.3, -0.25) is 9.69 Å². The molecule has 0 aliphatic carbocycles. The lowest BCUT2D eigenvalue weighted by Crippen LogP contribution is -2.60. The van der Waals surface area contributed by atoms with Crippen LogP contribution in [0, 0.1) is 5.92 Å². The van der Waals surface area contributed by atoms with Gasteiger partial charge in [-0.05, 0) is 56.5 Å². The van der Waals surface area contributed by atoms with Gasteiger partial charge in [0.2, 0.25) is 0 Å². The Hall–Kier alpha value is -1.44. The van der Waals surface area contributed by atoms with Crippen LogP contribution in [0.15, 0.2) is 39.0 Å². The molecule has 1 aromatic carbocycles. The van der Waals surface area contributed by atoms with E-state index in [2.05, 4.69) is 27.3 Å². The van der Waals surface area contributed by atoms with E-state index in [9.17, 15) is 4.79 Å². The number of piperidine rings is 3. The summed E-state index contributed by atoms with van der Waals surface area (Å²) in [6.07, 6.45) is 2.40. The molecule has 7 heteroatoms. The number of hydrogen-bond donors (Lipinski definition) is 1. The Balaban J connectivity index is 1.38. The second-order valence-electron chi connectivity index (χ2n) is 6.54. The van der Waals surface area contributed by atoms with Crippen LogP contribution in [0.1, 0.15) is 30.1 Å². The molecule has 5 rings (SSSR count). The number of aromatic nitrogens is 2. The molecule has 3 aliphatic rings. The number of amides is 1. The van der Waals surface area contributed by atoms with E-state index in [0.717, 1.165) is 21.3 Å². The van der Waals surface area contributed by atoms with Gasteiger partial charge in [-0.15, -0.1) is 10.2 Å². The molecular weight excluding hydrogens is 340 g/mol. The summed E-state index contributed by atoms with van der Waals surface area (Å²) in [7, 11) is 0. The molecule has 0 spiro atoms. The Bertz CT molecular complexity index is 704. The first-order valence-corrected chi connectivity index (χ1v) is 9.97. The first-order chi connectivity index (χ1) is 11.7. The summed E-state index contributed by atoms with van der Waals surface area (Å²) >= 11 is 3.08. The van der Waals surface area contributed by atoms with Crippen molar-refractivity contribution in [1.29, 1.82) is 0 Å². The van der Waals surface area contributed by atoms with Crippen LogP contribution in [0.2, 0.25) is 0 Å². The van der Waals surface area contributed by atoms with Crippen molar-refractivity contribution in [1.82, 2.24) is 20.4 Å². The van der Waals surface area contributed by atoms with Gasteiger partial charge in [-0.1, -0.05) is 23.1 Å². The summed E-state index contributed by atoms with van der Waals surface area (Å²) in [5, 5.41) is 11.1. The number of nitrogens with one attached hydrogen (secondary N) is 1. The first-order valence-electron chi connectivity index (χ1n) is 8.28. The number of rotatable bonds is 4. The summed E-state index contributed by atoms with van der Waals surface area (Å²) in [5.74, 6) is 0.662. The quantitative estimate of drug-likeness (QED) is 0.908. The van der Waals surface area contributed by atoms with E-state index in [1.165, 1.54) is 30.7 Å². The summed E-state index contributed by atoms with van der Waals surface area (Å²) < 4.78 is 0.911. The maximum Gasteiger partial charge on any atom is 0.251 e. The molecule has 1 N–H and O–H groups in total. The molecule has 4 heterocycles. The van der Waals surface area contributed by atoms with E-state index in [4.69, 9.17) is 0 Å². The Morgan fingerprint density at radius 2 is 2.21 bits per heavy atom. The van der Waals surface area contributed by atoms with Crippen molar-refractivity contribution in [3.05, 3.63) is 35.3 Å². The SMILES string of the molecule is CC1CC2CCN1CC2NC(=O)c1ccc(Sc2nncs2)cc1. The normalized spacial score (nSPS) is 28.7. The topological polar surface area (TPSA) is 58.1 Å². The summed E-state index contributed by atoms with van der Waals surface area (Å²) in [5.41, 5.74) is 2.44. The zero-order valence-electron chi connectivity index (χ0n) is 13.5. The van der Waals surface area contributed by atoms with Gasteiger partial charge in [0.15, 0.2) is 4.34 Å². The van der Waals surface area contributed by atoms with Crippen LogP contribution >= 0.6 is 23.1 Å². The summed E-state index contributed by atoms with van der Waals surface area (Å²) in [6.45, 7) is 4.46. The second-order valence-corrected chi connectivity index (χ2v) is 8.69. The van der Waals surface area contributed by atoms with Gasteiger partial charge in [0, 0.05) is 29.1 Å². The highest BCUT2D eigenvalue weighted by Crippen LogP contribution is 2.32. The van der Waals surface area contributed by atoms with Gasteiger partial charge in [-0.2, -0.15) is 0 Å². The predicted molar refractivity (Wildman–Crippen MR) is 95.5 cm³/mol. The molecule has 0 radical (unpaired) electrons. The van der Waals surface area contributed by atoms with Crippen LogP contribution in [0.5, 0.6) is 0 Å². The third kappa shape index (κ3) is 3.34. The van der Waals surface area contributed by atoms with Crippen LogP contribution in [0.4, 0.5) is 0 Å². The zero-order chi connectivity index (χ0) is 16.5. The van der Waals surface area contributed by atoms with E-state index < -0.39 is 0 Å². The molecule has 1 amide bonds. The molecule has 3 aliphatic heterocycles. The Morgan fingerprint density at radius 3 is 2.83 bits per heavy atom. The highest BCUT2D eigenvalue weighted by molar-refractivity contribution is 8.01. The molecule has 4 unspecified atom stereocenters. The maximum absolute atomic E-state index is 12.5. The minimum atomic E-state index is 0.0360. The highest BCUT2D eigenvalue weighted by atomic mass is 32.2. The van der Waals surface area contributed by atoms with E-state index in [-0.39, 0.29) is 11.9 Å². The van der Waals surface area contributed by atoms with Gasteiger partial charge < -0.3 is 5.32 Å². The minimum absolute atomic E-state index is 0.0360. The van der Waals surface area contributed by atoms with E-state index >= 15 is 0 Å². The van der Waals surface area contributed by atoms with Crippen LogP contribution in [0.25, 0.3) is 0 Å². The molecule has 4 atom stereocenters. The minimum Gasteiger partial charge on any atom is -0.348 e. The average Bonchev–Trinajstić information content (AvgIpc) is 3.09. The molecule has 24 heavy (non-hydrogen) atoms. The molecule has 3 fully saturated rings. The molecule has 2 bridgehead atoms. The Morgan fingerprint density at radius 1 is 1.38 bits per heavy atom. The van der Waals surface area contributed by atoms with Gasteiger partial charge in [0.25, 0.3) is 5.91 Å².